The number of hydrogen-bond acceptors (Lipinski definition) is 1. The normalized spacial score (nSPS) is 18.3. The van der Waals surface area contributed by atoms with Crippen LogP contribution >= 0.6 is 0 Å². The van der Waals surface area contributed by atoms with Crippen molar-refractivity contribution in [2.75, 3.05) is 6.54 Å². The van der Waals surface area contributed by atoms with Crippen molar-refractivity contribution in [3.05, 3.63) is 33.5 Å². The van der Waals surface area contributed by atoms with Crippen LogP contribution in [-0.4, -0.2) is 17.0 Å². The fourth-order valence-electron chi connectivity index (χ4n) is 3.60. The Morgan fingerprint density at radius 2 is 1.55 bits per heavy atom. The van der Waals surface area contributed by atoms with Crippen molar-refractivity contribution >= 4 is 16.8 Å². The minimum atomic E-state index is 0.0610. The van der Waals surface area contributed by atoms with Crippen LogP contribution in [0.2, 0.25) is 0 Å². The first-order valence-electron chi connectivity index (χ1n) is 7.25. The van der Waals surface area contributed by atoms with E-state index in [1.165, 1.54) is 33.2 Å². The van der Waals surface area contributed by atoms with Crippen molar-refractivity contribution in [3.8, 4) is 0 Å². The van der Waals surface area contributed by atoms with E-state index in [-0.39, 0.29) is 5.91 Å². The van der Waals surface area contributed by atoms with E-state index in [0.717, 1.165) is 11.3 Å². The summed E-state index contributed by atoms with van der Waals surface area (Å²) in [6.07, 6.45) is 0. The summed E-state index contributed by atoms with van der Waals surface area (Å²) in [4.78, 5) is 12.3. The molecule has 0 saturated heterocycles. The van der Waals surface area contributed by atoms with Crippen molar-refractivity contribution in [3.63, 3.8) is 0 Å². The number of rotatable bonds is 0. The van der Waals surface area contributed by atoms with Gasteiger partial charge in [0.25, 0.3) is 5.91 Å². The number of nitrogens with one attached hydrogen (secondary N) is 1. The predicted molar refractivity (Wildman–Crippen MR) is 82.7 cm³/mol. The number of carbonyl (C=O) groups is 1. The number of benzene rings is 1. The molecule has 3 heteroatoms. The largest absolute Gasteiger partial charge is 0.349 e. The third kappa shape index (κ3) is 1.43. The summed E-state index contributed by atoms with van der Waals surface area (Å²) in [5, 5.41) is 4.27. The van der Waals surface area contributed by atoms with Gasteiger partial charge in [0.05, 0.1) is 5.52 Å². The van der Waals surface area contributed by atoms with E-state index in [9.17, 15) is 4.79 Å². The second-order valence-corrected chi connectivity index (χ2v) is 6.13. The number of fused-ring (bicyclic) bond motifs is 3. The molecule has 1 aliphatic rings. The average Bonchev–Trinajstić information content (AvgIpc) is 2.73. The van der Waals surface area contributed by atoms with Gasteiger partial charge in [-0.25, -0.2) is 0 Å². The summed E-state index contributed by atoms with van der Waals surface area (Å²) < 4.78 is 2.25. The molecule has 0 fully saturated rings. The van der Waals surface area contributed by atoms with Crippen LogP contribution in [0.25, 0.3) is 10.9 Å². The summed E-state index contributed by atoms with van der Waals surface area (Å²) in [5.41, 5.74) is 8.51. The maximum atomic E-state index is 12.3. The first-order chi connectivity index (χ1) is 9.36. The standard InChI is InChI=1S/C17H22N2O/c1-8-7-18-17(20)16-13(6)14-11(4)9(2)10(3)12(5)15(14)19(8)16/h8H,7H2,1-6H3,(H,18,20)/t8-/m1/s1. The Bertz CT molecular complexity index is 753. The molecule has 0 saturated carbocycles. The fourth-order valence-corrected chi connectivity index (χ4v) is 3.60. The quantitative estimate of drug-likeness (QED) is 0.781. The molecule has 1 amide bonds. The third-order valence-corrected chi connectivity index (χ3v) is 5.08. The Labute approximate surface area is 120 Å². The van der Waals surface area contributed by atoms with Crippen LogP contribution in [0.1, 0.15) is 51.3 Å². The van der Waals surface area contributed by atoms with E-state index in [2.05, 4.69) is 51.4 Å². The molecule has 0 radical (unpaired) electrons. The average molecular weight is 270 g/mol. The van der Waals surface area contributed by atoms with Crippen LogP contribution in [-0.2, 0) is 0 Å². The molecule has 106 valence electrons. The molecule has 2 aromatic rings. The Morgan fingerprint density at radius 1 is 0.950 bits per heavy atom. The van der Waals surface area contributed by atoms with Crippen LogP contribution in [0.15, 0.2) is 0 Å². The number of aromatic nitrogens is 1. The second-order valence-electron chi connectivity index (χ2n) is 6.13. The molecule has 3 rings (SSSR count). The molecule has 1 aromatic carbocycles. The molecule has 1 aliphatic heterocycles. The molecule has 2 heterocycles. The lowest BCUT2D eigenvalue weighted by atomic mass is 9.94. The van der Waals surface area contributed by atoms with Crippen LogP contribution in [0.4, 0.5) is 0 Å². The number of carbonyl (C=O) groups excluding carboxylic acids is 1. The highest BCUT2D eigenvalue weighted by atomic mass is 16.2. The van der Waals surface area contributed by atoms with Crippen LogP contribution in [0.5, 0.6) is 0 Å². The lowest BCUT2D eigenvalue weighted by Gasteiger charge is -2.25. The monoisotopic (exact) mass is 270 g/mol. The van der Waals surface area contributed by atoms with Crippen molar-refractivity contribution in [2.24, 2.45) is 0 Å². The zero-order valence-corrected chi connectivity index (χ0v) is 13.1. The number of hydrogen-bond donors (Lipinski definition) is 1. The summed E-state index contributed by atoms with van der Waals surface area (Å²) in [5.74, 6) is 0.0610. The molecule has 1 N–H and O–H groups in total. The van der Waals surface area contributed by atoms with Gasteiger partial charge in [-0.1, -0.05) is 0 Å². The van der Waals surface area contributed by atoms with Crippen molar-refractivity contribution in [1.29, 1.82) is 0 Å². The SMILES string of the molecule is Cc1c(C)c(C)c2c(c1C)c(C)c1n2[C@H](C)CNC1=O. The molecule has 0 bridgehead atoms. The summed E-state index contributed by atoms with van der Waals surface area (Å²) >= 11 is 0. The lowest BCUT2D eigenvalue weighted by Crippen LogP contribution is -2.38. The van der Waals surface area contributed by atoms with Gasteiger partial charge in [-0.05, 0) is 69.4 Å². The Balaban J connectivity index is 2.59. The molecule has 0 aliphatic carbocycles. The minimum absolute atomic E-state index is 0.0610. The Kier molecular flexibility index (Phi) is 2.72. The summed E-state index contributed by atoms with van der Waals surface area (Å²) in [6, 6.07) is 0.305. The topological polar surface area (TPSA) is 34.0 Å². The maximum Gasteiger partial charge on any atom is 0.268 e. The highest BCUT2D eigenvalue weighted by Gasteiger charge is 2.29. The fraction of sp³-hybridized carbons (Fsp3) is 0.471. The highest BCUT2D eigenvalue weighted by Crippen LogP contribution is 2.37. The Morgan fingerprint density at radius 3 is 2.20 bits per heavy atom. The molecular formula is C17H22N2O. The zero-order valence-electron chi connectivity index (χ0n) is 13.1. The third-order valence-electron chi connectivity index (χ3n) is 5.08. The van der Waals surface area contributed by atoms with E-state index in [0.29, 0.717) is 12.6 Å². The van der Waals surface area contributed by atoms with Crippen LogP contribution in [0, 0.1) is 34.6 Å². The van der Waals surface area contributed by atoms with Gasteiger partial charge in [0.2, 0.25) is 0 Å². The van der Waals surface area contributed by atoms with E-state index in [1.54, 1.807) is 0 Å². The molecule has 3 nitrogen and oxygen atoms in total. The van der Waals surface area contributed by atoms with E-state index >= 15 is 0 Å². The molecule has 0 unspecified atom stereocenters. The number of aryl methyl sites for hydroxylation is 3. The maximum absolute atomic E-state index is 12.3. The van der Waals surface area contributed by atoms with Gasteiger partial charge >= 0.3 is 0 Å². The first kappa shape index (κ1) is 13.2. The van der Waals surface area contributed by atoms with E-state index in [4.69, 9.17) is 0 Å². The van der Waals surface area contributed by atoms with Crippen molar-refractivity contribution < 1.29 is 4.79 Å². The molecular weight excluding hydrogens is 248 g/mol. The smallest absolute Gasteiger partial charge is 0.268 e. The molecule has 20 heavy (non-hydrogen) atoms. The Hall–Kier alpha value is -1.77. The van der Waals surface area contributed by atoms with Crippen molar-refractivity contribution in [1.82, 2.24) is 9.88 Å². The minimum Gasteiger partial charge on any atom is -0.349 e. The predicted octanol–water partition coefficient (Wildman–Crippen LogP) is 3.49. The van der Waals surface area contributed by atoms with Gasteiger partial charge in [-0.15, -0.1) is 0 Å². The lowest BCUT2D eigenvalue weighted by molar-refractivity contribution is 0.0918. The van der Waals surface area contributed by atoms with Gasteiger partial charge in [0.1, 0.15) is 5.69 Å². The van der Waals surface area contributed by atoms with Gasteiger partial charge in [0, 0.05) is 18.0 Å². The zero-order chi connectivity index (χ0) is 14.8. The van der Waals surface area contributed by atoms with Gasteiger partial charge in [-0.3, -0.25) is 4.79 Å². The number of nitrogens with zero attached hydrogens (tertiary/aromatic N) is 1. The van der Waals surface area contributed by atoms with Gasteiger partial charge in [0.15, 0.2) is 0 Å². The summed E-state index contributed by atoms with van der Waals surface area (Å²) in [6.45, 7) is 13.7. The first-order valence-corrected chi connectivity index (χ1v) is 7.25. The van der Waals surface area contributed by atoms with Crippen molar-refractivity contribution in [2.45, 2.75) is 47.6 Å². The van der Waals surface area contributed by atoms with Crippen LogP contribution in [0.3, 0.4) is 0 Å². The summed E-state index contributed by atoms with van der Waals surface area (Å²) in [7, 11) is 0. The molecule has 1 atom stereocenters. The second kappa shape index (κ2) is 4.11. The molecule has 1 aromatic heterocycles. The van der Waals surface area contributed by atoms with Crippen LogP contribution < -0.4 is 5.32 Å². The van der Waals surface area contributed by atoms with E-state index in [1.807, 2.05) is 0 Å². The van der Waals surface area contributed by atoms with Gasteiger partial charge in [-0.2, -0.15) is 0 Å². The van der Waals surface area contributed by atoms with E-state index < -0.39 is 0 Å². The molecule has 0 spiro atoms. The van der Waals surface area contributed by atoms with Gasteiger partial charge < -0.3 is 9.88 Å². The highest BCUT2D eigenvalue weighted by molar-refractivity contribution is 6.04. The number of amides is 1.